The number of hydrogen-bond acceptors (Lipinski definition) is 4. The van der Waals surface area contributed by atoms with Gasteiger partial charge in [-0.1, -0.05) is 80.0 Å². The van der Waals surface area contributed by atoms with Gasteiger partial charge in [-0.05, 0) is 148 Å². The van der Waals surface area contributed by atoms with Crippen LogP contribution in [-0.4, -0.2) is 24.4 Å². The first-order valence-corrected chi connectivity index (χ1v) is 19.5. The Morgan fingerprint density at radius 3 is 2.02 bits per heavy atom. The van der Waals surface area contributed by atoms with Gasteiger partial charge in [-0.25, -0.2) is 0 Å². The predicted molar refractivity (Wildman–Crippen MR) is 201 cm³/mol. The lowest BCUT2D eigenvalue weighted by molar-refractivity contribution is -0.210. The molecule has 0 spiro atoms. The second kappa shape index (κ2) is 17.3. The van der Waals surface area contributed by atoms with E-state index in [4.69, 9.17) is 5.73 Å². The normalized spacial score (nSPS) is 41.0. The van der Waals surface area contributed by atoms with E-state index in [1.165, 1.54) is 78.2 Å². The zero-order chi connectivity index (χ0) is 35.8. The second-order valence-electron chi connectivity index (χ2n) is 16.0. The van der Waals surface area contributed by atoms with Gasteiger partial charge in [0.2, 0.25) is 0 Å². The average Bonchev–Trinajstić information content (AvgIpc) is 3.46. The van der Waals surface area contributed by atoms with Crippen LogP contribution >= 0.6 is 0 Å². The van der Waals surface area contributed by atoms with Crippen LogP contribution < -0.4 is 5.73 Å². The van der Waals surface area contributed by atoms with Gasteiger partial charge in [0.15, 0.2) is 0 Å². The van der Waals surface area contributed by atoms with E-state index in [-0.39, 0.29) is 17.4 Å². The number of carbonyl (C=O) groups excluding carboxylic acids is 2. The molecule has 4 saturated carbocycles. The number of Topliss-reactive ketones (excluding diaryl/α,β-unsaturated/α-hetero) is 1. The number of nitrogens with two attached hydrogens (primary N) is 1. The fourth-order valence-corrected chi connectivity index (χ4v) is 11.7. The van der Waals surface area contributed by atoms with Crippen molar-refractivity contribution >= 4 is 11.8 Å². The third-order valence-electron chi connectivity index (χ3n) is 14.3. The maximum absolute atomic E-state index is 11.9. The first-order chi connectivity index (χ1) is 22.2. The summed E-state index contributed by atoms with van der Waals surface area (Å²) in [5, 5.41) is 0. The summed E-state index contributed by atoms with van der Waals surface area (Å²) in [6, 6.07) is 0. The molecule has 0 aliphatic heterocycles. The number of allylic oxidation sites excluding steroid dienone is 5. The molecule has 2 N–H and O–H groups in total. The molecule has 6 aliphatic rings. The number of rotatable bonds is 2. The molecule has 0 aromatic rings. The van der Waals surface area contributed by atoms with Crippen molar-refractivity contribution in [1.82, 2.24) is 0 Å². The molecule has 10 atom stereocenters. The van der Waals surface area contributed by atoms with Crippen LogP contribution in [0, 0.1) is 51.8 Å². The van der Waals surface area contributed by atoms with Gasteiger partial charge < -0.3 is 10.5 Å². The van der Waals surface area contributed by atoms with E-state index >= 15 is 0 Å². The van der Waals surface area contributed by atoms with Crippen LogP contribution in [-0.2, 0) is 14.3 Å². The molecule has 6 aliphatic carbocycles. The highest BCUT2D eigenvalue weighted by atomic mass is 16.5. The predicted octanol–water partition coefficient (Wildman–Crippen LogP) is 11.4. The molecule has 4 nitrogen and oxygen atoms in total. The summed E-state index contributed by atoms with van der Waals surface area (Å²) in [7, 11) is 1.35. The fraction of sp³-hybridized carbons (Fsp3) is 0.814. The van der Waals surface area contributed by atoms with Crippen LogP contribution in [0.1, 0.15) is 160 Å². The molecule has 0 aromatic carbocycles. The SMILES string of the molecule is C=CC.CC.CC.CC(=O)C1CC=C(C2=CCC3(C)C(CCC4(C)C3CCC3[C@H]5CCCC5(N)CC[C@]34C)C2C)CC1.COC(C)=O. The van der Waals surface area contributed by atoms with Gasteiger partial charge in [-0.2, -0.15) is 0 Å². The summed E-state index contributed by atoms with van der Waals surface area (Å²) >= 11 is 0. The van der Waals surface area contributed by atoms with E-state index in [0.29, 0.717) is 27.9 Å². The highest BCUT2D eigenvalue weighted by Gasteiger charge is 2.68. The number of hydrogen-bond donors (Lipinski definition) is 1. The monoisotopic (exact) mass is 654 g/mol. The maximum Gasteiger partial charge on any atom is 0.302 e. The Labute approximate surface area is 291 Å². The van der Waals surface area contributed by atoms with E-state index in [2.05, 4.69) is 51.2 Å². The summed E-state index contributed by atoms with van der Waals surface area (Å²) in [6.07, 6.45) is 23.5. The van der Waals surface area contributed by atoms with Crippen LogP contribution in [0.2, 0.25) is 0 Å². The van der Waals surface area contributed by atoms with Crippen LogP contribution in [0.25, 0.3) is 0 Å². The van der Waals surface area contributed by atoms with E-state index in [9.17, 15) is 9.59 Å². The summed E-state index contributed by atoms with van der Waals surface area (Å²) in [5.41, 5.74) is 11.8. The zero-order valence-corrected chi connectivity index (χ0v) is 32.9. The number of methoxy groups -OCH3 is 1. The Hall–Kier alpha value is -1.68. The molecule has 0 heterocycles. The van der Waals surface area contributed by atoms with Crippen molar-refractivity contribution in [3.8, 4) is 0 Å². The third-order valence-corrected chi connectivity index (χ3v) is 14.3. The second-order valence-corrected chi connectivity index (χ2v) is 16.0. The number of ketones is 1. The lowest BCUT2D eigenvalue weighted by Gasteiger charge is -2.71. The van der Waals surface area contributed by atoms with E-state index < -0.39 is 0 Å². The Kier molecular flexibility index (Phi) is 15.3. The summed E-state index contributed by atoms with van der Waals surface area (Å²) < 4.78 is 4.11. The summed E-state index contributed by atoms with van der Waals surface area (Å²) in [5.74, 6) is 4.31. The number of fused-ring (bicyclic) bond motifs is 7. The van der Waals surface area contributed by atoms with Crippen molar-refractivity contribution in [3.63, 3.8) is 0 Å². The van der Waals surface area contributed by atoms with Crippen molar-refractivity contribution in [2.45, 2.75) is 165 Å². The molecule has 4 heteroatoms. The van der Waals surface area contributed by atoms with E-state index in [0.717, 1.165) is 42.9 Å². The van der Waals surface area contributed by atoms with Gasteiger partial charge in [0, 0.05) is 18.4 Å². The molecule has 0 radical (unpaired) electrons. The number of ether oxygens (including phenoxy) is 1. The third kappa shape index (κ3) is 7.89. The van der Waals surface area contributed by atoms with Crippen molar-refractivity contribution in [2.75, 3.05) is 7.11 Å². The van der Waals surface area contributed by atoms with Crippen LogP contribution in [0.5, 0.6) is 0 Å². The Balaban J connectivity index is 0.000000563. The lowest BCUT2D eigenvalue weighted by Crippen LogP contribution is -2.66. The minimum atomic E-state index is -0.245. The van der Waals surface area contributed by atoms with E-state index in [1.807, 2.05) is 34.6 Å². The largest absolute Gasteiger partial charge is 0.469 e. The Bertz CT molecular complexity index is 1120. The van der Waals surface area contributed by atoms with Gasteiger partial charge in [-0.15, -0.1) is 6.58 Å². The highest BCUT2D eigenvalue weighted by Crippen LogP contribution is 2.74. The molecule has 0 amide bonds. The zero-order valence-electron chi connectivity index (χ0n) is 32.9. The fourth-order valence-electron chi connectivity index (χ4n) is 11.7. The van der Waals surface area contributed by atoms with Crippen molar-refractivity contribution < 1.29 is 14.3 Å². The summed E-state index contributed by atoms with van der Waals surface area (Å²) in [4.78, 5) is 21.5. The molecule has 47 heavy (non-hydrogen) atoms. The maximum atomic E-state index is 11.9. The first-order valence-electron chi connectivity index (χ1n) is 19.5. The van der Waals surface area contributed by atoms with Crippen LogP contribution in [0.15, 0.2) is 36.0 Å². The molecule has 6 rings (SSSR count). The van der Waals surface area contributed by atoms with Gasteiger partial charge in [0.1, 0.15) is 5.78 Å². The average molecular weight is 654 g/mol. The minimum absolute atomic E-state index is 0.153. The van der Waals surface area contributed by atoms with Crippen molar-refractivity contribution in [1.29, 1.82) is 0 Å². The molecule has 0 saturated heterocycles. The highest BCUT2D eigenvalue weighted by molar-refractivity contribution is 5.78. The van der Waals surface area contributed by atoms with Crippen molar-refractivity contribution in [2.24, 2.45) is 57.5 Å². The molecule has 8 unspecified atom stereocenters. The number of esters is 1. The topological polar surface area (TPSA) is 69.4 Å². The first kappa shape index (κ1) is 41.5. The van der Waals surface area contributed by atoms with Gasteiger partial charge >= 0.3 is 5.97 Å². The molecular weight excluding hydrogens is 578 g/mol. The smallest absolute Gasteiger partial charge is 0.302 e. The summed E-state index contributed by atoms with van der Waals surface area (Å²) in [6.45, 7) is 27.1. The Morgan fingerprint density at radius 2 is 1.49 bits per heavy atom. The lowest BCUT2D eigenvalue weighted by atomic mass is 9.34. The molecule has 0 bridgehead atoms. The van der Waals surface area contributed by atoms with Gasteiger partial charge in [0.05, 0.1) is 7.11 Å². The minimum Gasteiger partial charge on any atom is -0.469 e. The standard InChI is InChI=1S/C33H51NO.C3H6O2.C3H6.2C2H6/c1-21-25(24-10-8-23(9-11-24)22(2)35)14-17-30(3)26(21)15-18-32(5)29(30)13-12-27-28-7-6-16-33(28,34)20-19-31(27,32)4;1-3(4)5-2;1-3-2;2*1-2/h10,14,21,23,26-29H,6-9,11-13,15-20,34H2,1-5H3;1-2H3;3H,1H2,2H3;2*1-2H3/t21?,23?,26?,27?,28-,29?,30?,31-,32?,33?;;;;/m1..../s1. The van der Waals surface area contributed by atoms with Crippen molar-refractivity contribution in [3.05, 3.63) is 36.0 Å². The van der Waals surface area contributed by atoms with Crippen LogP contribution in [0.4, 0.5) is 0 Å². The quantitative estimate of drug-likeness (QED) is 0.238. The van der Waals surface area contributed by atoms with Gasteiger partial charge in [0.25, 0.3) is 0 Å². The molecule has 270 valence electrons. The van der Waals surface area contributed by atoms with Gasteiger partial charge in [-0.3, -0.25) is 9.59 Å². The van der Waals surface area contributed by atoms with E-state index in [1.54, 1.807) is 24.1 Å². The molecule has 4 fully saturated rings. The number of carbonyl (C=O) groups is 2. The molecular formula is C43H75NO3. The molecule has 0 aromatic heterocycles. The Morgan fingerprint density at radius 1 is 0.872 bits per heavy atom. The van der Waals surface area contributed by atoms with Crippen LogP contribution in [0.3, 0.4) is 0 Å².